The lowest BCUT2D eigenvalue weighted by atomic mass is 10.3. The fraction of sp³-hybridized carbons (Fsp3) is 0.667. The van der Waals surface area contributed by atoms with Crippen LogP contribution in [0.5, 0.6) is 0 Å². The molecule has 0 aromatic carbocycles. The molecule has 1 fully saturated rings. The van der Waals surface area contributed by atoms with Crippen molar-refractivity contribution in [3.63, 3.8) is 0 Å². The van der Waals surface area contributed by atoms with Crippen LogP contribution >= 0.6 is 0 Å². The van der Waals surface area contributed by atoms with E-state index in [0.717, 1.165) is 13.2 Å². The van der Waals surface area contributed by atoms with Gasteiger partial charge in [-0.1, -0.05) is 5.92 Å². The molecular weight excluding hydrogens is 102 g/mol. The molecule has 0 amide bonds. The summed E-state index contributed by atoms with van der Waals surface area (Å²) >= 11 is 0. The first-order valence-corrected chi connectivity index (χ1v) is 2.71. The van der Waals surface area contributed by atoms with Gasteiger partial charge in [-0.3, -0.25) is 5.32 Å². The fourth-order valence-corrected chi connectivity index (χ4v) is 0.672. The van der Waals surface area contributed by atoms with Crippen LogP contribution in [0.3, 0.4) is 0 Å². The van der Waals surface area contributed by atoms with Gasteiger partial charge in [0, 0.05) is 6.54 Å². The molecule has 0 bridgehead atoms. The topological polar surface area (TPSA) is 21.3 Å². The highest BCUT2D eigenvalue weighted by Gasteiger charge is 2.07. The highest BCUT2D eigenvalue weighted by Crippen LogP contribution is 1.88. The molecule has 8 heavy (non-hydrogen) atoms. The Morgan fingerprint density at radius 2 is 2.62 bits per heavy atom. The molecule has 2 heteroatoms. The van der Waals surface area contributed by atoms with Gasteiger partial charge in [0.2, 0.25) is 0 Å². The predicted molar refractivity (Wildman–Crippen MR) is 31.4 cm³/mol. The number of hydrogen-bond donors (Lipinski definition) is 1. The van der Waals surface area contributed by atoms with E-state index in [1.807, 2.05) is 0 Å². The Kier molecular flexibility index (Phi) is 1.90. The molecule has 0 aromatic heterocycles. The third-order valence-corrected chi connectivity index (χ3v) is 1.12. The maximum atomic E-state index is 5.11. The van der Waals surface area contributed by atoms with Crippen molar-refractivity contribution in [2.75, 3.05) is 19.8 Å². The van der Waals surface area contributed by atoms with Crippen molar-refractivity contribution in [1.82, 2.24) is 5.32 Å². The summed E-state index contributed by atoms with van der Waals surface area (Å²) in [6.45, 7) is 2.34. The van der Waals surface area contributed by atoms with Crippen molar-refractivity contribution in [2.24, 2.45) is 0 Å². The second-order valence-corrected chi connectivity index (χ2v) is 1.75. The van der Waals surface area contributed by atoms with Crippen LogP contribution in [0, 0.1) is 12.3 Å². The van der Waals surface area contributed by atoms with Gasteiger partial charge in [-0.2, -0.15) is 0 Å². The van der Waals surface area contributed by atoms with Gasteiger partial charge >= 0.3 is 0 Å². The maximum Gasteiger partial charge on any atom is 0.0924 e. The van der Waals surface area contributed by atoms with E-state index in [4.69, 9.17) is 11.2 Å². The molecular formula is C6H9NO. The SMILES string of the molecule is C#C[C@@H]1COCCN1. The second-order valence-electron chi connectivity index (χ2n) is 1.75. The van der Waals surface area contributed by atoms with E-state index >= 15 is 0 Å². The Hall–Kier alpha value is -0.520. The Bertz CT molecular complexity index is 99.6. The van der Waals surface area contributed by atoms with Crippen LogP contribution < -0.4 is 5.32 Å². The summed E-state index contributed by atoms with van der Waals surface area (Å²) in [6, 6.07) is 0.142. The Morgan fingerprint density at radius 1 is 1.75 bits per heavy atom. The van der Waals surface area contributed by atoms with Crippen molar-refractivity contribution < 1.29 is 4.74 Å². The van der Waals surface area contributed by atoms with E-state index in [9.17, 15) is 0 Å². The minimum atomic E-state index is 0.142. The number of morpholine rings is 1. The highest BCUT2D eigenvalue weighted by atomic mass is 16.5. The molecule has 0 saturated carbocycles. The molecule has 44 valence electrons. The minimum absolute atomic E-state index is 0.142. The molecule has 1 heterocycles. The quantitative estimate of drug-likeness (QED) is 0.430. The van der Waals surface area contributed by atoms with Crippen LogP contribution in [0.1, 0.15) is 0 Å². The summed E-state index contributed by atoms with van der Waals surface area (Å²) in [4.78, 5) is 0. The van der Waals surface area contributed by atoms with Gasteiger partial charge in [-0.25, -0.2) is 0 Å². The van der Waals surface area contributed by atoms with Crippen molar-refractivity contribution in [2.45, 2.75) is 6.04 Å². The number of rotatable bonds is 0. The van der Waals surface area contributed by atoms with E-state index in [1.165, 1.54) is 0 Å². The van der Waals surface area contributed by atoms with Gasteiger partial charge in [0.1, 0.15) is 0 Å². The van der Waals surface area contributed by atoms with Gasteiger partial charge in [0.15, 0.2) is 0 Å². The molecule has 1 atom stereocenters. The van der Waals surface area contributed by atoms with Gasteiger partial charge in [0.05, 0.1) is 19.3 Å². The molecule has 1 rings (SSSR count). The van der Waals surface area contributed by atoms with Gasteiger partial charge in [0.25, 0.3) is 0 Å². The monoisotopic (exact) mass is 111 g/mol. The average Bonchev–Trinajstić information content (AvgIpc) is 1.90. The van der Waals surface area contributed by atoms with Crippen molar-refractivity contribution in [1.29, 1.82) is 0 Å². The zero-order valence-electron chi connectivity index (χ0n) is 4.68. The Morgan fingerprint density at radius 3 is 3.00 bits per heavy atom. The number of hydrogen-bond acceptors (Lipinski definition) is 2. The van der Waals surface area contributed by atoms with Crippen LogP contribution in [0.4, 0.5) is 0 Å². The third-order valence-electron chi connectivity index (χ3n) is 1.12. The predicted octanol–water partition coefficient (Wildman–Crippen LogP) is -0.392. The van der Waals surface area contributed by atoms with Crippen molar-refractivity contribution in [3.8, 4) is 12.3 Å². The zero-order chi connectivity index (χ0) is 5.82. The first-order chi connectivity index (χ1) is 3.93. The minimum Gasteiger partial charge on any atom is -0.377 e. The molecule has 0 spiro atoms. The van der Waals surface area contributed by atoms with Gasteiger partial charge in [-0.15, -0.1) is 6.42 Å². The molecule has 1 N–H and O–H groups in total. The Balaban J connectivity index is 2.25. The summed E-state index contributed by atoms with van der Waals surface area (Å²) in [5, 5.41) is 3.11. The molecule has 0 aliphatic carbocycles. The van der Waals surface area contributed by atoms with Gasteiger partial charge in [-0.05, 0) is 0 Å². The van der Waals surface area contributed by atoms with Crippen LogP contribution in [-0.4, -0.2) is 25.8 Å². The molecule has 1 saturated heterocycles. The molecule has 0 aromatic rings. The molecule has 0 unspecified atom stereocenters. The normalized spacial score (nSPS) is 29.1. The first-order valence-electron chi connectivity index (χ1n) is 2.71. The summed E-state index contributed by atoms with van der Waals surface area (Å²) in [6.07, 6.45) is 5.11. The number of terminal acetylenes is 1. The molecule has 1 aliphatic rings. The van der Waals surface area contributed by atoms with E-state index in [-0.39, 0.29) is 6.04 Å². The number of nitrogens with one attached hydrogen (secondary N) is 1. The average molecular weight is 111 g/mol. The Labute approximate surface area is 49.2 Å². The highest BCUT2D eigenvalue weighted by molar-refractivity contribution is 4.99. The largest absolute Gasteiger partial charge is 0.377 e. The van der Waals surface area contributed by atoms with Crippen molar-refractivity contribution >= 4 is 0 Å². The zero-order valence-corrected chi connectivity index (χ0v) is 4.68. The standard InChI is InChI=1S/C6H9NO/c1-2-6-5-8-4-3-7-6/h1,6-7H,3-5H2/t6-/m1/s1. The number of ether oxygens (including phenoxy) is 1. The molecule has 1 aliphatic heterocycles. The maximum absolute atomic E-state index is 5.11. The first kappa shape index (κ1) is 5.61. The smallest absolute Gasteiger partial charge is 0.0924 e. The van der Waals surface area contributed by atoms with E-state index in [0.29, 0.717) is 6.61 Å². The summed E-state index contributed by atoms with van der Waals surface area (Å²) in [5.74, 6) is 2.57. The van der Waals surface area contributed by atoms with Crippen molar-refractivity contribution in [3.05, 3.63) is 0 Å². The molecule has 0 radical (unpaired) electrons. The second kappa shape index (κ2) is 2.71. The molecule has 2 nitrogen and oxygen atoms in total. The summed E-state index contributed by atoms with van der Waals surface area (Å²) in [7, 11) is 0. The summed E-state index contributed by atoms with van der Waals surface area (Å²) in [5.41, 5.74) is 0. The van der Waals surface area contributed by atoms with E-state index in [2.05, 4.69) is 11.2 Å². The lowest BCUT2D eigenvalue weighted by Crippen LogP contribution is -2.39. The van der Waals surface area contributed by atoms with Gasteiger partial charge < -0.3 is 4.74 Å². The summed E-state index contributed by atoms with van der Waals surface area (Å²) < 4.78 is 5.07. The lowest BCUT2D eigenvalue weighted by Gasteiger charge is -2.18. The third kappa shape index (κ3) is 1.22. The van der Waals surface area contributed by atoms with E-state index < -0.39 is 0 Å². The lowest BCUT2D eigenvalue weighted by molar-refractivity contribution is 0.0926. The van der Waals surface area contributed by atoms with E-state index in [1.54, 1.807) is 0 Å². The van der Waals surface area contributed by atoms with Crippen LogP contribution in [0.25, 0.3) is 0 Å². The van der Waals surface area contributed by atoms with Crippen LogP contribution in [-0.2, 0) is 4.74 Å². The fourth-order valence-electron chi connectivity index (χ4n) is 0.672. The van der Waals surface area contributed by atoms with Crippen LogP contribution in [0.2, 0.25) is 0 Å². The van der Waals surface area contributed by atoms with Crippen LogP contribution in [0.15, 0.2) is 0 Å².